The van der Waals surface area contributed by atoms with Gasteiger partial charge in [-0.15, -0.1) is 11.3 Å². The van der Waals surface area contributed by atoms with E-state index in [4.69, 9.17) is 4.98 Å². The summed E-state index contributed by atoms with van der Waals surface area (Å²) in [5, 5.41) is 6.52. The predicted octanol–water partition coefficient (Wildman–Crippen LogP) is 4.26. The Labute approximate surface area is 126 Å². The maximum absolute atomic E-state index is 4.71. The molecule has 0 fully saturated rings. The number of likely N-dealkylation sites (N-methyl/N-ethyl adjacent to an activating group) is 1. The van der Waals surface area contributed by atoms with E-state index in [2.05, 4.69) is 55.7 Å². The lowest BCUT2D eigenvalue weighted by Gasteiger charge is -2.23. The van der Waals surface area contributed by atoms with Gasteiger partial charge in [0.05, 0.1) is 10.7 Å². The summed E-state index contributed by atoms with van der Waals surface area (Å²) in [6.45, 7) is 7.81. The van der Waals surface area contributed by atoms with E-state index in [0.717, 1.165) is 25.1 Å². The Hall–Kier alpha value is -1.19. The van der Waals surface area contributed by atoms with Gasteiger partial charge in [0, 0.05) is 23.9 Å². The maximum Gasteiger partial charge on any atom is 0.0945 e. The van der Waals surface area contributed by atoms with E-state index < -0.39 is 0 Å². The molecule has 1 heterocycles. The minimum Gasteiger partial charge on any atom is -0.319 e. The van der Waals surface area contributed by atoms with Crippen LogP contribution in [0.1, 0.15) is 37.8 Å². The fourth-order valence-electron chi connectivity index (χ4n) is 2.09. The van der Waals surface area contributed by atoms with Crippen LogP contribution in [0.2, 0.25) is 0 Å². The number of nitrogens with one attached hydrogen (secondary N) is 1. The zero-order valence-electron chi connectivity index (χ0n) is 12.9. The Kier molecular flexibility index (Phi) is 4.95. The second-order valence-electron chi connectivity index (χ2n) is 5.79. The van der Waals surface area contributed by atoms with Gasteiger partial charge in [0.25, 0.3) is 0 Å². The highest BCUT2D eigenvalue weighted by Crippen LogP contribution is 2.29. The van der Waals surface area contributed by atoms with Crippen LogP contribution < -0.4 is 5.32 Å². The van der Waals surface area contributed by atoms with E-state index in [-0.39, 0.29) is 5.41 Å². The third-order valence-electron chi connectivity index (χ3n) is 3.99. The molecule has 108 valence electrons. The second-order valence-corrected chi connectivity index (χ2v) is 6.74. The van der Waals surface area contributed by atoms with Crippen molar-refractivity contribution in [2.24, 2.45) is 0 Å². The van der Waals surface area contributed by atoms with Gasteiger partial charge in [0.1, 0.15) is 0 Å². The molecule has 0 aliphatic heterocycles. The van der Waals surface area contributed by atoms with Crippen molar-refractivity contribution in [3.8, 4) is 11.3 Å². The van der Waals surface area contributed by atoms with Crippen LogP contribution in [0.5, 0.6) is 0 Å². The average Bonchev–Trinajstić information content (AvgIpc) is 2.94. The minimum absolute atomic E-state index is 0.249. The second kappa shape index (κ2) is 6.51. The third kappa shape index (κ3) is 3.47. The van der Waals surface area contributed by atoms with Gasteiger partial charge in [-0.3, -0.25) is 0 Å². The number of rotatable bonds is 6. The van der Waals surface area contributed by atoms with E-state index in [1.165, 1.54) is 16.1 Å². The topological polar surface area (TPSA) is 24.9 Å². The smallest absolute Gasteiger partial charge is 0.0945 e. The lowest BCUT2D eigenvalue weighted by Crippen LogP contribution is -2.14. The zero-order chi connectivity index (χ0) is 14.6. The summed E-state index contributed by atoms with van der Waals surface area (Å²) in [6, 6.07) is 8.88. The molecule has 2 aromatic rings. The minimum atomic E-state index is 0.249. The Morgan fingerprint density at radius 3 is 2.50 bits per heavy atom. The molecule has 0 bridgehead atoms. The van der Waals surface area contributed by atoms with Crippen molar-refractivity contribution in [1.29, 1.82) is 0 Å². The van der Waals surface area contributed by atoms with E-state index in [9.17, 15) is 0 Å². The molecular formula is C17H24N2S. The molecule has 0 radical (unpaired) electrons. The molecule has 0 spiro atoms. The molecule has 0 saturated heterocycles. The van der Waals surface area contributed by atoms with Crippen LogP contribution in [0, 0.1) is 0 Å². The first kappa shape index (κ1) is 15.2. The van der Waals surface area contributed by atoms with Crippen LogP contribution in [0.15, 0.2) is 29.6 Å². The molecule has 2 rings (SSSR count). The molecule has 0 unspecified atom stereocenters. The van der Waals surface area contributed by atoms with E-state index in [1.54, 1.807) is 11.3 Å². The first-order valence-electron chi connectivity index (χ1n) is 7.26. The lowest BCUT2D eigenvalue weighted by molar-refractivity contribution is 0.506. The molecule has 1 aromatic heterocycles. The zero-order valence-corrected chi connectivity index (χ0v) is 13.7. The van der Waals surface area contributed by atoms with Crippen LogP contribution in [0.4, 0.5) is 0 Å². The Morgan fingerprint density at radius 1 is 1.20 bits per heavy atom. The summed E-state index contributed by atoms with van der Waals surface area (Å²) in [6.07, 6.45) is 2.15. The summed E-state index contributed by atoms with van der Waals surface area (Å²) in [5.41, 5.74) is 3.96. The molecule has 3 heteroatoms. The van der Waals surface area contributed by atoms with Crippen molar-refractivity contribution in [2.45, 2.75) is 39.0 Å². The summed E-state index contributed by atoms with van der Waals surface area (Å²) < 4.78 is 0. The van der Waals surface area contributed by atoms with E-state index in [0.29, 0.717) is 0 Å². The highest BCUT2D eigenvalue weighted by atomic mass is 32.1. The standard InChI is InChI=1S/C17H24N2S/c1-5-17(2,3)14-8-6-13(7-9-14)15-12-20-16(19-15)10-11-18-4/h6-9,12,18H,5,10-11H2,1-4H3. The van der Waals surface area contributed by atoms with Crippen molar-refractivity contribution < 1.29 is 0 Å². The van der Waals surface area contributed by atoms with Crippen LogP contribution in [-0.4, -0.2) is 18.6 Å². The number of nitrogens with zero attached hydrogens (tertiary/aromatic N) is 1. The lowest BCUT2D eigenvalue weighted by atomic mass is 9.82. The van der Waals surface area contributed by atoms with Gasteiger partial charge in [0.2, 0.25) is 0 Å². The van der Waals surface area contributed by atoms with Gasteiger partial charge >= 0.3 is 0 Å². The highest BCUT2D eigenvalue weighted by Gasteiger charge is 2.17. The molecule has 20 heavy (non-hydrogen) atoms. The Bertz CT molecular complexity index is 540. The van der Waals surface area contributed by atoms with E-state index >= 15 is 0 Å². The number of hydrogen-bond donors (Lipinski definition) is 1. The van der Waals surface area contributed by atoms with Gasteiger partial charge in [-0.2, -0.15) is 0 Å². The number of aromatic nitrogens is 1. The Balaban J connectivity index is 2.15. The fourth-order valence-corrected chi connectivity index (χ4v) is 2.89. The van der Waals surface area contributed by atoms with Gasteiger partial charge in [-0.05, 0) is 24.4 Å². The molecule has 0 saturated carbocycles. The van der Waals surface area contributed by atoms with Crippen LogP contribution >= 0.6 is 11.3 Å². The van der Waals surface area contributed by atoms with Crippen LogP contribution in [0.3, 0.4) is 0 Å². The van der Waals surface area contributed by atoms with Crippen LogP contribution in [-0.2, 0) is 11.8 Å². The summed E-state index contributed by atoms with van der Waals surface area (Å²) in [5.74, 6) is 0. The molecule has 0 aliphatic rings. The first-order valence-corrected chi connectivity index (χ1v) is 8.14. The molecule has 2 nitrogen and oxygen atoms in total. The first-order chi connectivity index (χ1) is 9.56. The third-order valence-corrected chi connectivity index (χ3v) is 4.90. The van der Waals surface area contributed by atoms with Crippen molar-refractivity contribution in [2.75, 3.05) is 13.6 Å². The number of benzene rings is 1. The normalized spacial score (nSPS) is 11.8. The van der Waals surface area contributed by atoms with Crippen molar-refractivity contribution >= 4 is 11.3 Å². The summed E-state index contributed by atoms with van der Waals surface area (Å²) in [7, 11) is 1.97. The van der Waals surface area contributed by atoms with Crippen LogP contribution in [0.25, 0.3) is 11.3 Å². The monoisotopic (exact) mass is 288 g/mol. The molecule has 0 aliphatic carbocycles. The van der Waals surface area contributed by atoms with Crippen molar-refractivity contribution in [3.05, 3.63) is 40.2 Å². The van der Waals surface area contributed by atoms with Gasteiger partial charge in [0.15, 0.2) is 0 Å². The fraction of sp³-hybridized carbons (Fsp3) is 0.471. The molecule has 1 N–H and O–H groups in total. The number of hydrogen-bond acceptors (Lipinski definition) is 3. The molecular weight excluding hydrogens is 264 g/mol. The van der Waals surface area contributed by atoms with E-state index in [1.807, 2.05) is 7.05 Å². The Morgan fingerprint density at radius 2 is 1.90 bits per heavy atom. The predicted molar refractivity (Wildman–Crippen MR) is 88.5 cm³/mol. The van der Waals surface area contributed by atoms with Gasteiger partial charge < -0.3 is 5.32 Å². The molecule has 0 atom stereocenters. The quantitative estimate of drug-likeness (QED) is 0.859. The number of thiazole rings is 1. The molecule has 1 aromatic carbocycles. The average molecular weight is 288 g/mol. The van der Waals surface area contributed by atoms with Crippen molar-refractivity contribution in [3.63, 3.8) is 0 Å². The van der Waals surface area contributed by atoms with Gasteiger partial charge in [-0.1, -0.05) is 45.0 Å². The maximum atomic E-state index is 4.71. The molecule has 0 amide bonds. The SMILES string of the molecule is CCC(C)(C)c1ccc(-c2csc(CCNC)n2)cc1. The summed E-state index contributed by atoms with van der Waals surface area (Å²) in [4.78, 5) is 4.71. The highest BCUT2D eigenvalue weighted by molar-refractivity contribution is 7.09. The largest absolute Gasteiger partial charge is 0.319 e. The van der Waals surface area contributed by atoms with Gasteiger partial charge in [-0.25, -0.2) is 4.98 Å². The summed E-state index contributed by atoms with van der Waals surface area (Å²) >= 11 is 1.75. The van der Waals surface area contributed by atoms with Crippen molar-refractivity contribution in [1.82, 2.24) is 10.3 Å².